The van der Waals surface area contributed by atoms with E-state index in [4.69, 9.17) is 0 Å². The van der Waals surface area contributed by atoms with Crippen molar-refractivity contribution in [3.05, 3.63) is 0 Å². The van der Waals surface area contributed by atoms with Gasteiger partial charge < -0.3 is 10.1 Å². The summed E-state index contributed by atoms with van der Waals surface area (Å²) in [6.45, 7) is 4.93. The van der Waals surface area contributed by atoms with E-state index in [-0.39, 0.29) is 25.3 Å². The number of hydrogen-bond acceptors (Lipinski definition) is 5. The third-order valence-electron chi connectivity index (χ3n) is 2.81. The van der Waals surface area contributed by atoms with E-state index in [0.29, 0.717) is 0 Å². The number of carbonyl (C=O) groups is 4. The van der Waals surface area contributed by atoms with Gasteiger partial charge in [-0.25, -0.2) is 0 Å². The second-order valence-electron chi connectivity index (χ2n) is 4.55. The lowest BCUT2D eigenvalue weighted by Gasteiger charge is -2.18. The third-order valence-corrected chi connectivity index (χ3v) is 2.81. The molecule has 0 aliphatic heterocycles. The van der Waals surface area contributed by atoms with Crippen molar-refractivity contribution in [3.63, 3.8) is 0 Å². The van der Waals surface area contributed by atoms with E-state index >= 15 is 0 Å². The first-order valence-electron chi connectivity index (χ1n) is 6.24. The molecule has 108 valence electrons. The maximum Gasteiger partial charge on any atom is 0.325 e. The number of methoxy groups -OCH3 is 1. The quantitative estimate of drug-likeness (QED) is 0.512. The number of nitrogens with one attached hydrogen (secondary N) is 1. The van der Waals surface area contributed by atoms with Crippen LogP contribution in [0.5, 0.6) is 0 Å². The Kier molecular flexibility index (Phi) is 7.63. The fourth-order valence-electron chi connectivity index (χ4n) is 1.50. The molecule has 1 atom stereocenters. The Morgan fingerprint density at radius 2 is 1.68 bits per heavy atom. The second-order valence-corrected chi connectivity index (χ2v) is 4.55. The SMILES string of the molecule is CCC(=O)C(=O)C[C@H](C(=O)NCC(=O)OC)C(C)C. The van der Waals surface area contributed by atoms with E-state index < -0.39 is 29.4 Å². The Bertz CT molecular complexity index is 362. The van der Waals surface area contributed by atoms with E-state index in [1.54, 1.807) is 20.8 Å². The van der Waals surface area contributed by atoms with Gasteiger partial charge in [0.05, 0.1) is 7.11 Å². The summed E-state index contributed by atoms with van der Waals surface area (Å²) in [5, 5.41) is 2.40. The van der Waals surface area contributed by atoms with Crippen LogP contribution in [-0.4, -0.2) is 37.1 Å². The van der Waals surface area contributed by atoms with E-state index in [1.807, 2.05) is 0 Å². The molecule has 1 amide bonds. The van der Waals surface area contributed by atoms with Crippen molar-refractivity contribution in [1.29, 1.82) is 0 Å². The molecule has 0 fully saturated rings. The van der Waals surface area contributed by atoms with Crippen LogP contribution < -0.4 is 5.32 Å². The maximum atomic E-state index is 11.9. The minimum absolute atomic E-state index is 0.105. The molecule has 0 heterocycles. The number of esters is 1. The predicted octanol–water partition coefficient (Wildman–Crippen LogP) is 0.486. The van der Waals surface area contributed by atoms with Crippen molar-refractivity contribution in [3.8, 4) is 0 Å². The van der Waals surface area contributed by atoms with Crippen LogP contribution in [0.4, 0.5) is 0 Å². The minimum Gasteiger partial charge on any atom is -0.468 e. The van der Waals surface area contributed by atoms with Gasteiger partial charge in [0, 0.05) is 18.8 Å². The first kappa shape index (κ1) is 17.3. The summed E-state index contributed by atoms with van der Waals surface area (Å²) in [7, 11) is 1.22. The highest BCUT2D eigenvalue weighted by atomic mass is 16.5. The van der Waals surface area contributed by atoms with E-state index in [0.717, 1.165) is 0 Å². The van der Waals surface area contributed by atoms with Crippen LogP contribution in [0, 0.1) is 11.8 Å². The summed E-state index contributed by atoms with van der Waals surface area (Å²) in [6.07, 6.45) is 0.00474. The molecular weight excluding hydrogens is 250 g/mol. The summed E-state index contributed by atoms with van der Waals surface area (Å²) >= 11 is 0. The van der Waals surface area contributed by atoms with Crippen molar-refractivity contribution < 1.29 is 23.9 Å². The lowest BCUT2D eigenvalue weighted by Crippen LogP contribution is -2.38. The number of ketones is 2. The van der Waals surface area contributed by atoms with Crippen molar-refractivity contribution in [2.75, 3.05) is 13.7 Å². The summed E-state index contributed by atoms with van der Waals surface area (Å²) in [6, 6.07) is 0. The van der Waals surface area contributed by atoms with Crippen LogP contribution in [0.25, 0.3) is 0 Å². The normalized spacial score (nSPS) is 11.8. The van der Waals surface area contributed by atoms with Crippen LogP contribution >= 0.6 is 0 Å². The molecule has 0 unspecified atom stereocenters. The highest BCUT2D eigenvalue weighted by molar-refractivity contribution is 6.37. The standard InChI is InChI=1S/C13H21NO5/c1-5-10(15)11(16)6-9(8(2)3)13(18)14-7-12(17)19-4/h8-9H,5-7H2,1-4H3,(H,14,18)/t9-/m0/s1. The van der Waals surface area contributed by atoms with Gasteiger partial charge in [-0.3, -0.25) is 19.2 Å². The molecule has 6 nitrogen and oxygen atoms in total. The number of carbonyl (C=O) groups excluding carboxylic acids is 4. The molecule has 19 heavy (non-hydrogen) atoms. The first-order valence-corrected chi connectivity index (χ1v) is 6.24. The summed E-state index contributed by atoms with van der Waals surface area (Å²) in [5.41, 5.74) is 0. The zero-order chi connectivity index (χ0) is 15.0. The Hall–Kier alpha value is -1.72. The van der Waals surface area contributed by atoms with Gasteiger partial charge in [-0.15, -0.1) is 0 Å². The Labute approximate surface area is 112 Å². The van der Waals surface area contributed by atoms with Gasteiger partial charge in [-0.05, 0) is 5.92 Å². The number of Topliss-reactive ketones (excluding diaryl/α,β-unsaturated/α-hetero) is 2. The van der Waals surface area contributed by atoms with Gasteiger partial charge in [-0.2, -0.15) is 0 Å². The molecular formula is C13H21NO5. The van der Waals surface area contributed by atoms with Crippen molar-refractivity contribution in [2.45, 2.75) is 33.6 Å². The average Bonchev–Trinajstić information content (AvgIpc) is 2.39. The highest BCUT2D eigenvalue weighted by Crippen LogP contribution is 2.16. The molecule has 0 radical (unpaired) electrons. The van der Waals surface area contributed by atoms with Crippen LogP contribution in [-0.2, 0) is 23.9 Å². The van der Waals surface area contributed by atoms with Gasteiger partial charge in [0.2, 0.25) is 5.91 Å². The molecule has 0 saturated carbocycles. The van der Waals surface area contributed by atoms with Crippen LogP contribution in [0.3, 0.4) is 0 Å². The molecule has 0 aliphatic rings. The Morgan fingerprint density at radius 3 is 2.11 bits per heavy atom. The number of hydrogen-bond donors (Lipinski definition) is 1. The zero-order valence-corrected chi connectivity index (χ0v) is 11.8. The number of amides is 1. The lowest BCUT2D eigenvalue weighted by atomic mass is 9.88. The van der Waals surface area contributed by atoms with Gasteiger partial charge in [0.1, 0.15) is 6.54 Å². The molecule has 0 rings (SSSR count). The second kappa shape index (κ2) is 8.39. The van der Waals surface area contributed by atoms with Crippen LogP contribution in [0.1, 0.15) is 33.6 Å². The van der Waals surface area contributed by atoms with Crippen LogP contribution in [0.2, 0.25) is 0 Å². The predicted molar refractivity (Wildman–Crippen MR) is 68.3 cm³/mol. The summed E-state index contributed by atoms with van der Waals surface area (Å²) in [4.78, 5) is 45.6. The molecule has 6 heteroatoms. The van der Waals surface area contributed by atoms with Crippen molar-refractivity contribution in [1.82, 2.24) is 5.32 Å². The molecule has 0 aromatic carbocycles. The fourth-order valence-corrected chi connectivity index (χ4v) is 1.50. The van der Waals surface area contributed by atoms with Crippen molar-refractivity contribution >= 4 is 23.4 Å². The van der Waals surface area contributed by atoms with E-state index in [1.165, 1.54) is 7.11 Å². The third kappa shape index (κ3) is 6.13. The van der Waals surface area contributed by atoms with Gasteiger partial charge in [0.25, 0.3) is 0 Å². The lowest BCUT2D eigenvalue weighted by molar-refractivity contribution is -0.142. The highest BCUT2D eigenvalue weighted by Gasteiger charge is 2.27. The van der Waals surface area contributed by atoms with Gasteiger partial charge in [-0.1, -0.05) is 20.8 Å². The average molecular weight is 271 g/mol. The van der Waals surface area contributed by atoms with Gasteiger partial charge in [0.15, 0.2) is 11.6 Å². The molecule has 0 aromatic rings. The number of ether oxygens (including phenoxy) is 1. The molecule has 0 saturated heterocycles. The molecule has 0 bridgehead atoms. The molecule has 0 spiro atoms. The maximum absolute atomic E-state index is 11.9. The zero-order valence-electron chi connectivity index (χ0n) is 11.8. The summed E-state index contributed by atoms with van der Waals surface area (Å²) < 4.78 is 4.40. The van der Waals surface area contributed by atoms with Crippen LogP contribution in [0.15, 0.2) is 0 Å². The van der Waals surface area contributed by atoms with E-state index in [2.05, 4.69) is 10.1 Å². The Morgan fingerprint density at radius 1 is 1.11 bits per heavy atom. The number of rotatable bonds is 8. The first-order chi connectivity index (χ1) is 8.83. The Balaban J connectivity index is 4.56. The molecule has 0 aromatic heterocycles. The van der Waals surface area contributed by atoms with Crippen molar-refractivity contribution in [2.24, 2.45) is 11.8 Å². The molecule has 1 N–H and O–H groups in total. The smallest absolute Gasteiger partial charge is 0.325 e. The summed E-state index contributed by atoms with van der Waals surface area (Å²) in [5.74, 6) is -2.73. The fraction of sp³-hybridized carbons (Fsp3) is 0.692. The topological polar surface area (TPSA) is 89.5 Å². The minimum atomic E-state index is -0.618. The largest absolute Gasteiger partial charge is 0.468 e. The van der Waals surface area contributed by atoms with Gasteiger partial charge >= 0.3 is 5.97 Å². The monoisotopic (exact) mass is 271 g/mol. The van der Waals surface area contributed by atoms with E-state index in [9.17, 15) is 19.2 Å². The molecule has 0 aliphatic carbocycles.